The van der Waals surface area contributed by atoms with E-state index in [4.69, 9.17) is 10.8 Å². The fourth-order valence-electron chi connectivity index (χ4n) is 0.796. The number of aromatic nitrogens is 1. The van der Waals surface area contributed by atoms with Crippen molar-refractivity contribution in [3.63, 3.8) is 0 Å². The minimum atomic E-state index is 0. The van der Waals surface area contributed by atoms with Gasteiger partial charge in [-0.15, -0.1) is 0 Å². The topological polar surface area (TPSA) is 50.1 Å². The molecule has 0 fully saturated rings. The Morgan fingerprint density at radius 1 is 1.55 bits per heavy atom. The van der Waals surface area contributed by atoms with Gasteiger partial charge in [0.25, 0.3) is 0 Å². The number of hydrogen-bond acceptors (Lipinski definition) is 2. The van der Waals surface area contributed by atoms with Gasteiger partial charge in [0.2, 0.25) is 6.20 Å². The summed E-state index contributed by atoms with van der Waals surface area (Å²) in [7, 11) is 0. The van der Waals surface area contributed by atoms with Gasteiger partial charge in [-0.3, -0.25) is 0 Å². The quantitative estimate of drug-likeness (QED) is 0.510. The van der Waals surface area contributed by atoms with E-state index in [1.165, 1.54) is 0 Å². The molecule has 1 aromatic heterocycles. The highest BCUT2D eigenvalue weighted by molar-refractivity contribution is 5.09. The van der Waals surface area contributed by atoms with Crippen molar-refractivity contribution < 1.29 is 26.7 Å². The smallest absolute Gasteiger partial charge is 0.210 e. The standard InChI is InChI=1S/C7H10N2O.BrH/c8-3-5-9-4-1-2-7(10)6-9;/h1-2,4,6H,3,5,8H2;1H. The van der Waals surface area contributed by atoms with Crippen LogP contribution in [-0.2, 0) is 6.54 Å². The minimum Gasteiger partial charge on any atom is -1.00 e. The molecule has 0 aromatic carbocycles. The molecule has 1 heterocycles. The number of hydrogen-bond donors (Lipinski definition) is 2. The molecule has 0 atom stereocenters. The molecule has 0 aliphatic carbocycles. The number of nitrogens with zero attached hydrogens (tertiary/aromatic N) is 1. The van der Waals surface area contributed by atoms with Gasteiger partial charge >= 0.3 is 0 Å². The van der Waals surface area contributed by atoms with Crippen LogP contribution >= 0.6 is 0 Å². The maximum absolute atomic E-state index is 8.98. The molecule has 0 radical (unpaired) electrons. The predicted octanol–water partition coefficient (Wildman–Crippen LogP) is -3.36. The van der Waals surface area contributed by atoms with Crippen LogP contribution in [-0.4, -0.2) is 11.7 Å². The van der Waals surface area contributed by atoms with E-state index in [2.05, 4.69) is 0 Å². The monoisotopic (exact) mass is 218 g/mol. The highest BCUT2D eigenvalue weighted by Gasteiger charge is 1.97. The number of pyridine rings is 1. The van der Waals surface area contributed by atoms with Gasteiger partial charge in [0.1, 0.15) is 0 Å². The molecular weight excluding hydrogens is 208 g/mol. The van der Waals surface area contributed by atoms with Crippen LogP contribution in [0.1, 0.15) is 0 Å². The number of halogens is 1. The maximum atomic E-state index is 8.98. The van der Waals surface area contributed by atoms with Crippen molar-refractivity contribution in [2.24, 2.45) is 5.73 Å². The summed E-state index contributed by atoms with van der Waals surface area (Å²) in [6.45, 7) is 1.34. The van der Waals surface area contributed by atoms with Crippen molar-refractivity contribution in [2.45, 2.75) is 6.54 Å². The van der Waals surface area contributed by atoms with Gasteiger partial charge < -0.3 is 27.8 Å². The molecule has 1 rings (SSSR count). The predicted molar refractivity (Wildman–Crippen MR) is 37.4 cm³/mol. The van der Waals surface area contributed by atoms with E-state index in [-0.39, 0.29) is 22.7 Å². The molecule has 0 bridgehead atoms. The van der Waals surface area contributed by atoms with E-state index in [0.29, 0.717) is 6.54 Å². The van der Waals surface area contributed by atoms with Crippen molar-refractivity contribution in [2.75, 3.05) is 6.54 Å². The largest absolute Gasteiger partial charge is 1.00 e. The normalized spacial score (nSPS) is 8.82. The second-order valence-corrected chi connectivity index (χ2v) is 2.09. The molecule has 0 spiro atoms. The molecule has 11 heavy (non-hydrogen) atoms. The zero-order valence-electron chi connectivity index (χ0n) is 6.07. The second-order valence-electron chi connectivity index (χ2n) is 2.09. The molecule has 62 valence electrons. The highest BCUT2D eigenvalue weighted by Crippen LogP contribution is 1.99. The molecule has 0 unspecified atom stereocenters. The summed E-state index contributed by atoms with van der Waals surface area (Å²) in [5.74, 6) is 0.274. The van der Waals surface area contributed by atoms with E-state index in [1.54, 1.807) is 18.3 Å². The van der Waals surface area contributed by atoms with Gasteiger partial charge in [0.15, 0.2) is 18.5 Å². The van der Waals surface area contributed by atoms with E-state index in [9.17, 15) is 0 Å². The van der Waals surface area contributed by atoms with E-state index >= 15 is 0 Å². The molecule has 0 saturated carbocycles. The summed E-state index contributed by atoms with van der Waals surface area (Å²) in [5, 5.41) is 8.98. The van der Waals surface area contributed by atoms with E-state index < -0.39 is 0 Å². The fourth-order valence-corrected chi connectivity index (χ4v) is 0.796. The molecule has 0 amide bonds. The van der Waals surface area contributed by atoms with Crippen molar-refractivity contribution in [3.05, 3.63) is 24.5 Å². The minimum absolute atomic E-state index is 0. The Morgan fingerprint density at radius 2 is 2.27 bits per heavy atom. The number of nitrogens with two attached hydrogens (primary N) is 1. The zero-order chi connectivity index (χ0) is 7.40. The lowest BCUT2D eigenvalue weighted by Crippen LogP contribution is -3.00. The first kappa shape index (κ1) is 10.4. The summed E-state index contributed by atoms with van der Waals surface area (Å²) in [6, 6.07) is 3.41. The number of aromatic hydroxyl groups is 1. The summed E-state index contributed by atoms with van der Waals surface area (Å²) in [6.07, 6.45) is 3.51. The Morgan fingerprint density at radius 3 is 2.82 bits per heavy atom. The van der Waals surface area contributed by atoms with Crippen LogP contribution in [0.3, 0.4) is 0 Å². The molecule has 0 aliphatic heterocycles. The third kappa shape index (κ3) is 3.34. The van der Waals surface area contributed by atoms with Crippen molar-refractivity contribution in [3.8, 4) is 5.75 Å². The Labute approximate surface area is 76.2 Å². The lowest BCUT2D eigenvalue weighted by Gasteiger charge is -1.92. The summed E-state index contributed by atoms with van der Waals surface area (Å²) in [4.78, 5) is 0. The van der Waals surface area contributed by atoms with Crippen LogP contribution < -0.4 is 27.3 Å². The molecule has 3 nitrogen and oxygen atoms in total. The Hall–Kier alpha value is -0.610. The average Bonchev–Trinajstić information content (AvgIpc) is 1.88. The van der Waals surface area contributed by atoms with Crippen molar-refractivity contribution in [1.29, 1.82) is 0 Å². The lowest BCUT2D eigenvalue weighted by atomic mass is 10.4. The molecule has 0 aliphatic rings. The van der Waals surface area contributed by atoms with Crippen LogP contribution in [0.15, 0.2) is 24.5 Å². The first-order valence-corrected chi connectivity index (χ1v) is 3.21. The van der Waals surface area contributed by atoms with Gasteiger partial charge in [-0.2, -0.15) is 0 Å². The van der Waals surface area contributed by atoms with Crippen LogP contribution in [0.4, 0.5) is 0 Å². The SMILES string of the molecule is NCC[n+]1cccc(O)c1.[Br-]. The first-order valence-electron chi connectivity index (χ1n) is 3.21. The number of rotatable bonds is 2. The molecular formula is C7H11BrN2O. The second kappa shape index (κ2) is 5.09. The molecule has 1 aromatic rings. The third-order valence-electron chi connectivity index (χ3n) is 1.23. The van der Waals surface area contributed by atoms with Crippen LogP contribution in [0.25, 0.3) is 0 Å². The van der Waals surface area contributed by atoms with E-state index in [0.717, 1.165) is 6.54 Å². The van der Waals surface area contributed by atoms with Gasteiger partial charge in [-0.05, 0) is 6.07 Å². The first-order chi connectivity index (χ1) is 4.83. The molecule has 0 saturated heterocycles. The third-order valence-corrected chi connectivity index (χ3v) is 1.23. The zero-order valence-corrected chi connectivity index (χ0v) is 7.66. The Bertz CT molecular complexity index is 217. The summed E-state index contributed by atoms with van der Waals surface area (Å²) in [5.41, 5.74) is 5.31. The molecule has 3 N–H and O–H groups in total. The Kier molecular flexibility index (Phi) is 4.81. The fraction of sp³-hybridized carbons (Fsp3) is 0.286. The maximum Gasteiger partial charge on any atom is 0.210 e. The highest BCUT2D eigenvalue weighted by atomic mass is 79.9. The summed E-state index contributed by atoms with van der Waals surface area (Å²) < 4.78 is 1.84. The van der Waals surface area contributed by atoms with Gasteiger partial charge in [0.05, 0.1) is 6.54 Å². The Balaban J connectivity index is 0.000001000. The average molecular weight is 219 g/mol. The summed E-state index contributed by atoms with van der Waals surface area (Å²) >= 11 is 0. The van der Waals surface area contributed by atoms with Gasteiger partial charge in [0, 0.05) is 6.07 Å². The van der Waals surface area contributed by atoms with Crippen molar-refractivity contribution >= 4 is 0 Å². The van der Waals surface area contributed by atoms with Crippen molar-refractivity contribution in [1.82, 2.24) is 0 Å². The van der Waals surface area contributed by atoms with Crippen LogP contribution in [0.2, 0.25) is 0 Å². The lowest BCUT2D eigenvalue weighted by molar-refractivity contribution is -0.694. The van der Waals surface area contributed by atoms with Gasteiger partial charge in [-0.1, -0.05) is 0 Å². The van der Waals surface area contributed by atoms with Crippen LogP contribution in [0.5, 0.6) is 5.75 Å². The van der Waals surface area contributed by atoms with Crippen LogP contribution in [0, 0.1) is 0 Å². The molecule has 4 heteroatoms. The van der Waals surface area contributed by atoms with E-state index in [1.807, 2.05) is 10.8 Å². The van der Waals surface area contributed by atoms with Gasteiger partial charge in [-0.25, -0.2) is 4.57 Å².